The lowest BCUT2D eigenvalue weighted by Crippen LogP contribution is -2.19. The molecule has 1 N–H and O–H groups in total. The maximum atomic E-state index is 3.49. The van der Waals surface area contributed by atoms with Gasteiger partial charge in [-0.2, -0.15) is 11.3 Å². The first-order chi connectivity index (χ1) is 7.86. The van der Waals surface area contributed by atoms with Crippen LogP contribution in [-0.2, 0) is 6.54 Å². The van der Waals surface area contributed by atoms with Crippen LogP contribution in [0.2, 0.25) is 0 Å². The number of rotatable bonds is 5. The van der Waals surface area contributed by atoms with Gasteiger partial charge in [0.25, 0.3) is 0 Å². The average Bonchev–Trinajstić information content (AvgIpc) is 2.83. The normalized spacial score (nSPS) is 12.6. The van der Waals surface area contributed by atoms with Gasteiger partial charge in [0.2, 0.25) is 0 Å². The summed E-state index contributed by atoms with van der Waals surface area (Å²) < 4.78 is 0. The molecule has 0 amide bonds. The standard InChI is InChI=1S/C14H17NS/c1-12(14-5-3-2-4-6-14)9-15-10-13-7-8-16-11-13/h2-8,11-12,15H,9-10H2,1H3. The lowest BCUT2D eigenvalue weighted by molar-refractivity contribution is 0.616. The maximum Gasteiger partial charge on any atom is 0.0213 e. The summed E-state index contributed by atoms with van der Waals surface area (Å²) in [6.07, 6.45) is 0. The van der Waals surface area contributed by atoms with E-state index in [4.69, 9.17) is 0 Å². The zero-order valence-electron chi connectivity index (χ0n) is 9.52. The Morgan fingerprint density at radius 3 is 2.69 bits per heavy atom. The topological polar surface area (TPSA) is 12.0 Å². The highest BCUT2D eigenvalue weighted by Gasteiger charge is 2.03. The van der Waals surface area contributed by atoms with Gasteiger partial charge in [-0.05, 0) is 33.9 Å². The van der Waals surface area contributed by atoms with Crippen molar-refractivity contribution >= 4 is 11.3 Å². The van der Waals surface area contributed by atoms with Crippen LogP contribution in [0.4, 0.5) is 0 Å². The van der Waals surface area contributed by atoms with E-state index in [2.05, 4.69) is 59.4 Å². The average molecular weight is 231 g/mol. The molecule has 2 heteroatoms. The predicted octanol–water partition coefficient (Wildman–Crippen LogP) is 3.64. The summed E-state index contributed by atoms with van der Waals surface area (Å²) in [7, 11) is 0. The second kappa shape index (κ2) is 5.83. The van der Waals surface area contributed by atoms with E-state index in [1.807, 2.05) is 0 Å². The van der Waals surface area contributed by atoms with Crippen LogP contribution >= 0.6 is 11.3 Å². The molecule has 1 aromatic heterocycles. The SMILES string of the molecule is CC(CNCc1ccsc1)c1ccccc1. The Hall–Kier alpha value is -1.12. The largest absolute Gasteiger partial charge is 0.312 e. The first-order valence-corrected chi connectivity index (χ1v) is 6.57. The monoisotopic (exact) mass is 231 g/mol. The summed E-state index contributed by atoms with van der Waals surface area (Å²) in [6, 6.07) is 12.8. The second-order valence-corrected chi connectivity index (χ2v) is 4.85. The van der Waals surface area contributed by atoms with Crippen molar-refractivity contribution in [3.63, 3.8) is 0 Å². The molecule has 0 aliphatic rings. The Bertz CT molecular complexity index is 394. The van der Waals surface area contributed by atoms with Gasteiger partial charge in [0.1, 0.15) is 0 Å². The van der Waals surface area contributed by atoms with Gasteiger partial charge in [0.15, 0.2) is 0 Å². The van der Waals surface area contributed by atoms with Gasteiger partial charge in [0.05, 0.1) is 0 Å². The fourth-order valence-corrected chi connectivity index (χ4v) is 2.39. The molecular weight excluding hydrogens is 214 g/mol. The van der Waals surface area contributed by atoms with Crippen LogP contribution < -0.4 is 5.32 Å². The van der Waals surface area contributed by atoms with E-state index in [0.29, 0.717) is 5.92 Å². The van der Waals surface area contributed by atoms with E-state index in [9.17, 15) is 0 Å². The van der Waals surface area contributed by atoms with Crippen molar-refractivity contribution in [3.05, 3.63) is 58.3 Å². The van der Waals surface area contributed by atoms with Crippen molar-refractivity contribution in [1.29, 1.82) is 0 Å². The van der Waals surface area contributed by atoms with Crippen LogP contribution in [0.15, 0.2) is 47.2 Å². The molecule has 84 valence electrons. The minimum Gasteiger partial charge on any atom is -0.312 e. The highest BCUT2D eigenvalue weighted by molar-refractivity contribution is 7.07. The van der Waals surface area contributed by atoms with Crippen molar-refractivity contribution in [2.45, 2.75) is 19.4 Å². The Kier molecular flexibility index (Phi) is 4.14. The third-order valence-electron chi connectivity index (χ3n) is 2.73. The number of benzene rings is 1. The quantitative estimate of drug-likeness (QED) is 0.828. The van der Waals surface area contributed by atoms with E-state index in [1.54, 1.807) is 11.3 Å². The van der Waals surface area contributed by atoms with Crippen molar-refractivity contribution in [2.75, 3.05) is 6.54 Å². The third-order valence-corrected chi connectivity index (χ3v) is 3.46. The molecule has 0 aliphatic heterocycles. The Morgan fingerprint density at radius 1 is 1.19 bits per heavy atom. The highest BCUT2D eigenvalue weighted by Crippen LogP contribution is 2.13. The van der Waals surface area contributed by atoms with Gasteiger partial charge < -0.3 is 5.32 Å². The number of hydrogen-bond donors (Lipinski definition) is 1. The van der Waals surface area contributed by atoms with Gasteiger partial charge in [-0.1, -0.05) is 37.3 Å². The van der Waals surface area contributed by atoms with Crippen molar-refractivity contribution < 1.29 is 0 Å². The molecule has 1 atom stereocenters. The smallest absolute Gasteiger partial charge is 0.0213 e. The Morgan fingerprint density at radius 2 is 2.00 bits per heavy atom. The van der Waals surface area contributed by atoms with E-state index in [0.717, 1.165) is 13.1 Å². The number of hydrogen-bond acceptors (Lipinski definition) is 2. The Balaban J connectivity index is 1.78. The van der Waals surface area contributed by atoms with Crippen LogP contribution in [0.3, 0.4) is 0 Å². The molecule has 0 saturated heterocycles. The summed E-state index contributed by atoms with van der Waals surface area (Å²) in [6.45, 7) is 4.26. The van der Waals surface area contributed by atoms with E-state index >= 15 is 0 Å². The lowest BCUT2D eigenvalue weighted by Gasteiger charge is -2.12. The summed E-state index contributed by atoms with van der Waals surface area (Å²) in [5, 5.41) is 7.81. The molecule has 1 unspecified atom stereocenters. The zero-order valence-corrected chi connectivity index (χ0v) is 10.3. The number of thiophene rings is 1. The first-order valence-electron chi connectivity index (χ1n) is 5.63. The molecule has 1 aromatic carbocycles. The molecular formula is C14H17NS. The molecule has 2 aromatic rings. The van der Waals surface area contributed by atoms with Gasteiger partial charge in [-0.3, -0.25) is 0 Å². The molecule has 1 nitrogen and oxygen atoms in total. The highest BCUT2D eigenvalue weighted by atomic mass is 32.1. The molecule has 0 spiro atoms. The van der Waals surface area contributed by atoms with Crippen LogP contribution in [-0.4, -0.2) is 6.54 Å². The van der Waals surface area contributed by atoms with Gasteiger partial charge in [-0.15, -0.1) is 0 Å². The van der Waals surface area contributed by atoms with E-state index in [1.165, 1.54) is 11.1 Å². The molecule has 0 fully saturated rings. The first kappa shape index (κ1) is 11.4. The molecule has 16 heavy (non-hydrogen) atoms. The van der Waals surface area contributed by atoms with Crippen molar-refractivity contribution in [1.82, 2.24) is 5.32 Å². The maximum absolute atomic E-state index is 3.49. The second-order valence-electron chi connectivity index (χ2n) is 4.07. The predicted molar refractivity (Wildman–Crippen MR) is 70.9 cm³/mol. The molecule has 2 rings (SSSR count). The fourth-order valence-electron chi connectivity index (χ4n) is 1.73. The molecule has 0 saturated carbocycles. The molecule has 0 aliphatic carbocycles. The number of nitrogens with one attached hydrogen (secondary N) is 1. The van der Waals surface area contributed by atoms with Crippen LogP contribution in [0.5, 0.6) is 0 Å². The Labute approximate surface area is 101 Å². The van der Waals surface area contributed by atoms with Crippen molar-refractivity contribution in [3.8, 4) is 0 Å². The minimum atomic E-state index is 0.569. The van der Waals surface area contributed by atoms with E-state index in [-0.39, 0.29) is 0 Å². The van der Waals surface area contributed by atoms with Crippen LogP contribution in [0.1, 0.15) is 24.0 Å². The molecule has 0 radical (unpaired) electrons. The summed E-state index contributed by atoms with van der Waals surface area (Å²) in [5.74, 6) is 0.569. The van der Waals surface area contributed by atoms with Gasteiger partial charge in [0, 0.05) is 13.1 Å². The van der Waals surface area contributed by atoms with Gasteiger partial charge in [-0.25, -0.2) is 0 Å². The van der Waals surface area contributed by atoms with Crippen molar-refractivity contribution in [2.24, 2.45) is 0 Å². The molecule has 0 bridgehead atoms. The van der Waals surface area contributed by atoms with Crippen LogP contribution in [0.25, 0.3) is 0 Å². The third kappa shape index (κ3) is 3.19. The lowest BCUT2D eigenvalue weighted by atomic mass is 10.0. The summed E-state index contributed by atoms with van der Waals surface area (Å²) >= 11 is 1.75. The summed E-state index contributed by atoms with van der Waals surface area (Å²) in [4.78, 5) is 0. The zero-order chi connectivity index (χ0) is 11.2. The van der Waals surface area contributed by atoms with Crippen LogP contribution in [0, 0.1) is 0 Å². The minimum absolute atomic E-state index is 0.569. The van der Waals surface area contributed by atoms with E-state index < -0.39 is 0 Å². The van der Waals surface area contributed by atoms with Gasteiger partial charge >= 0.3 is 0 Å². The fraction of sp³-hybridized carbons (Fsp3) is 0.286. The summed E-state index contributed by atoms with van der Waals surface area (Å²) in [5.41, 5.74) is 2.78. The molecule has 1 heterocycles.